The first-order chi connectivity index (χ1) is 16.4. The van der Waals surface area contributed by atoms with Crippen LogP contribution in [0.1, 0.15) is 34.2 Å². The lowest BCUT2D eigenvalue weighted by Gasteiger charge is -2.13. The monoisotopic (exact) mass is 454 g/mol. The molecule has 2 heterocycles. The number of aryl methyl sites for hydroxylation is 3. The molecule has 0 spiro atoms. The lowest BCUT2D eigenvalue weighted by atomic mass is 10.1. The van der Waals surface area contributed by atoms with Crippen LogP contribution in [0.15, 0.2) is 60.8 Å². The van der Waals surface area contributed by atoms with Crippen LogP contribution in [-0.4, -0.2) is 32.5 Å². The van der Waals surface area contributed by atoms with Gasteiger partial charge >= 0.3 is 5.97 Å². The number of benzene rings is 2. The fraction of sp³-hybridized carbons (Fsp3) is 0.192. The van der Waals surface area contributed by atoms with Crippen LogP contribution in [0.2, 0.25) is 0 Å². The molecule has 0 bridgehead atoms. The summed E-state index contributed by atoms with van der Waals surface area (Å²) >= 11 is 0. The van der Waals surface area contributed by atoms with Crippen molar-refractivity contribution in [2.75, 3.05) is 17.2 Å². The van der Waals surface area contributed by atoms with E-state index in [1.807, 2.05) is 75.4 Å². The van der Waals surface area contributed by atoms with Gasteiger partial charge in [0.25, 0.3) is 0 Å². The Labute approximate surface area is 198 Å². The van der Waals surface area contributed by atoms with Crippen LogP contribution in [-0.2, 0) is 4.74 Å². The number of hydrogen-bond acceptors (Lipinski definition) is 8. The zero-order valence-corrected chi connectivity index (χ0v) is 19.6. The second-order valence-corrected chi connectivity index (χ2v) is 7.85. The predicted octanol–water partition coefficient (Wildman–Crippen LogP) is 5.52. The van der Waals surface area contributed by atoms with Crippen molar-refractivity contribution < 1.29 is 9.53 Å². The summed E-state index contributed by atoms with van der Waals surface area (Å²) in [6, 6.07) is 17.4. The van der Waals surface area contributed by atoms with E-state index in [9.17, 15) is 4.79 Å². The number of ether oxygens (including phenoxy) is 1. The first-order valence-electron chi connectivity index (χ1n) is 11.0. The molecule has 0 saturated heterocycles. The summed E-state index contributed by atoms with van der Waals surface area (Å²) in [5.74, 6) is 0.909. The average Bonchev–Trinajstić information content (AvgIpc) is 2.79. The highest BCUT2D eigenvalue weighted by Gasteiger charge is 2.17. The third kappa shape index (κ3) is 5.53. The molecule has 0 fully saturated rings. The van der Waals surface area contributed by atoms with Crippen molar-refractivity contribution in [3.63, 3.8) is 0 Å². The van der Waals surface area contributed by atoms with Crippen molar-refractivity contribution >= 4 is 29.1 Å². The van der Waals surface area contributed by atoms with E-state index in [2.05, 4.69) is 30.6 Å². The molecule has 2 aromatic heterocycles. The number of rotatable bonds is 7. The largest absolute Gasteiger partial charge is 0.462 e. The van der Waals surface area contributed by atoms with Gasteiger partial charge in [0.2, 0.25) is 5.95 Å². The minimum absolute atomic E-state index is 0.257. The van der Waals surface area contributed by atoms with E-state index in [1.54, 1.807) is 6.92 Å². The molecular formula is C26H26N6O2. The summed E-state index contributed by atoms with van der Waals surface area (Å²) in [4.78, 5) is 30.5. The number of anilines is 4. The Morgan fingerprint density at radius 3 is 2.29 bits per heavy atom. The highest BCUT2D eigenvalue weighted by atomic mass is 16.5. The number of carbonyl (C=O) groups is 1. The van der Waals surface area contributed by atoms with Gasteiger partial charge in [0.15, 0.2) is 5.82 Å². The zero-order valence-electron chi connectivity index (χ0n) is 19.6. The molecule has 8 heteroatoms. The summed E-state index contributed by atoms with van der Waals surface area (Å²) in [5, 5.41) is 6.48. The summed E-state index contributed by atoms with van der Waals surface area (Å²) < 4.78 is 5.21. The van der Waals surface area contributed by atoms with Crippen LogP contribution < -0.4 is 10.6 Å². The molecule has 0 atom stereocenters. The molecule has 4 aromatic rings. The third-order valence-corrected chi connectivity index (χ3v) is 4.92. The summed E-state index contributed by atoms with van der Waals surface area (Å²) in [6.07, 6.45) is 1.50. The number of nitrogens with zero attached hydrogens (tertiary/aromatic N) is 4. The van der Waals surface area contributed by atoms with Crippen molar-refractivity contribution in [1.82, 2.24) is 19.9 Å². The minimum atomic E-state index is -0.487. The maximum absolute atomic E-state index is 12.6. The lowest BCUT2D eigenvalue weighted by Crippen LogP contribution is -2.11. The summed E-state index contributed by atoms with van der Waals surface area (Å²) in [5.41, 5.74) is 5.50. The quantitative estimate of drug-likeness (QED) is 0.352. The van der Waals surface area contributed by atoms with Crippen LogP contribution in [0, 0.1) is 20.8 Å². The Morgan fingerprint density at radius 1 is 0.882 bits per heavy atom. The second-order valence-electron chi connectivity index (χ2n) is 7.85. The van der Waals surface area contributed by atoms with E-state index in [-0.39, 0.29) is 12.2 Å². The van der Waals surface area contributed by atoms with Crippen molar-refractivity contribution in [3.05, 3.63) is 83.3 Å². The van der Waals surface area contributed by atoms with Gasteiger partial charge in [0.05, 0.1) is 6.61 Å². The SMILES string of the molecule is CCOC(=O)c1cnc(-c2cccc(C)c2)nc1Nc1cccc(Nc2nc(C)cc(C)n2)c1. The van der Waals surface area contributed by atoms with E-state index < -0.39 is 5.97 Å². The number of esters is 1. The molecule has 8 nitrogen and oxygen atoms in total. The molecule has 0 saturated carbocycles. The molecule has 172 valence electrons. The maximum Gasteiger partial charge on any atom is 0.343 e. The van der Waals surface area contributed by atoms with E-state index in [0.717, 1.165) is 33.9 Å². The van der Waals surface area contributed by atoms with Crippen molar-refractivity contribution in [3.8, 4) is 11.4 Å². The fourth-order valence-corrected chi connectivity index (χ4v) is 3.48. The molecule has 0 amide bonds. The van der Waals surface area contributed by atoms with Crippen molar-refractivity contribution in [1.29, 1.82) is 0 Å². The van der Waals surface area contributed by atoms with Crippen molar-refractivity contribution in [2.45, 2.75) is 27.7 Å². The van der Waals surface area contributed by atoms with E-state index >= 15 is 0 Å². The van der Waals surface area contributed by atoms with Crippen LogP contribution in [0.4, 0.5) is 23.1 Å². The van der Waals surface area contributed by atoms with Gasteiger partial charge in [-0.3, -0.25) is 0 Å². The Bertz CT molecular complexity index is 1320. The first-order valence-corrected chi connectivity index (χ1v) is 11.0. The van der Waals surface area contributed by atoms with Gasteiger partial charge in [-0.15, -0.1) is 0 Å². The fourth-order valence-electron chi connectivity index (χ4n) is 3.48. The van der Waals surface area contributed by atoms with Gasteiger partial charge < -0.3 is 15.4 Å². The van der Waals surface area contributed by atoms with Crippen LogP contribution >= 0.6 is 0 Å². The van der Waals surface area contributed by atoms with Gasteiger partial charge in [-0.2, -0.15) is 0 Å². The Morgan fingerprint density at radius 2 is 1.59 bits per heavy atom. The van der Waals surface area contributed by atoms with Crippen LogP contribution in [0.25, 0.3) is 11.4 Å². The van der Waals surface area contributed by atoms with Crippen molar-refractivity contribution in [2.24, 2.45) is 0 Å². The van der Waals surface area contributed by atoms with E-state index in [1.165, 1.54) is 6.20 Å². The molecule has 4 rings (SSSR count). The highest BCUT2D eigenvalue weighted by molar-refractivity contribution is 5.95. The predicted molar refractivity (Wildman–Crippen MR) is 133 cm³/mol. The summed E-state index contributed by atoms with van der Waals surface area (Å²) in [7, 11) is 0. The number of nitrogens with one attached hydrogen (secondary N) is 2. The molecule has 2 N–H and O–H groups in total. The maximum atomic E-state index is 12.6. The van der Waals surface area contributed by atoms with Gasteiger partial charge in [-0.25, -0.2) is 24.7 Å². The third-order valence-electron chi connectivity index (χ3n) is 4.92. The number of hydrogen-bond donors (Lipinski definition) is 2. The highest BCUT2D eigenvalue weighted by Crippen LogP contribution is 2.26. The van der Waals surface area contributed by atoms with Gasteiger partial charge in [0.1, 0.15) is 11.4 Å². The lowest BCUT2D eigenvalue weighted by molar-refractivity contribution is 0.0526. The molecule has 0 aliphatic heterocycles. The second kappa shape index (κ2) is 10.1. The smallest absolute Gasteiger partial charge is 0.343 e. The minimum Gasteiger partial charge on any atom is -0.462 e. The molecule has 2 aromatic carbocycles. The Balaban J connectivity index is 1.66. The van der Waals surface area contributed by atoms with Gasteiger partial charge in [0, 0.05) is 34.5 Å². The average molecular weight is 455 g/mol. The van der Waals surface area contributed by atoms with Gasteiger partial charge in [-0.05, 0) is 58.0 Å². The molecular weight excluding hydrogens is 428 g/mol. The van der Waals surface area contributed by atoms with Crippen LogP contribution in [0.3, 0.4) is 0 Å². The normalized spacial score (nSPS) is 10.6. The van der Waals surface area contributed by atoms with E-state index in [0.29, 0.717) is 17.6 Å². The molecule has 0 aliphatic rings. The molecule has 0 aliphatic carbocycles. The molecule has 34 heavy (non-hydrogen) atoms. The van der Waals surface area contributed by atoms with Crippen LogP contribution in [0.5, 0.6) is 0 Å². The summed E-state index contributed by atoms with van der Waals surface area (Å²) in [6.45, 7) is 7.88. The Hall–Kier alpha value is -4.33. The van der Waals surface area contributed by atoms with E-state index in [4.69, 9.17) is 4.74 Å². The van der Waals surface area contributed by atoms with Gasteiger partial charge in [-0.1, -0.05) is 29.8 Å². The Kier molecular flexibility index (Phi) is 6.77. The topological polar surface area (TPSA) is 102 Å². The molecule has 0 radical (unpaired) electrons. The zero-order chi connectivity index (χ0) is 24.1. The molecule has 0 unspecified atom stereocenters. The first kappa shape index (κ1) is 22.8. The number of aromatic nitrogens is 4. The number of carbonyl (C=O) groups excluding carboxylic acids is 1. The standard InChI is InChI=1S/C26H26N6O2/c1-5-34-25(33)22-15-27-23(19-9-6-8-16(2)12-19)32-24(22)30-20-10-7-11-21(14-20)31-26-28-17(3)13-18(4)29-26/h6-15H,5H2,1-4H3,(H,27,30,32)(H,28,29,31).